The van der Waals surface area contributed by atoms with E-state index in [4.69, 9.17) is 10.00 Å². The summed E-state index contributed by atoms with van der Waals surface area (Å²) < 4.78 is 5.66. The van der Waals surface area contributed by atoms with Gasteiger partial charge in [0.2, 0.25) is 5.91 Å². The Kier molecular flexibility index (Phi) is 5.97. The minimum atomic E-state index is -0.105. The highest BCUT2D eigenvalue weighted by Gasteiger charge is 2.10. The molecule has 1 amide bonds. The molecule has 0 aliphatic carbocycles. The Hall–Kier alpha value is -2.80. The minimum Gasteiger partial charge on any atom is -0.493 e. The maximum Gasteiger partial charge on any atom is 0.223 e. The number of nitrogens with one attached hydrogen (secondary N) is 1. The van der Waals surface area contributed by atoms with Crippen molar-refractivity contribution < 1.29 is 9.53 Å². The lowest BCUT2D eigenvalue weighted by molar-refractivity contribution is -0.122. The highest BCUT2D eigenvalue weighted by molar-refractivity contribution is 5.76. The number of benzene rings is 2. The molecule has 0 aliphatic rings. The molecule has 0 aromatic heterocycles. The van der Waals surface area contributed by atoms with Gasteiger partial charge in [0.05, 0.1) is 30.7 Å². The van der Waals surface area contributed by atoms with Crippen molar-refractivity contribution in [3.8, 4) is 11.8 Å². The third-order valence-electron chi connectivity index (χ3n) is 3.71. The van der Waals surface area contributed by atoms with Crippen molar-refractivity contribution in [1.29, 1.82) is 5.26 Å². The summed E-state index contributed by atoms with van der Waals surface area (Å²) >= 11 is 0. The van der Waals surface area contributed by atoms with E-state index in [0.29, 0.717) is 18.6 Å². The van der Waals surface area contributed by atoms with Crippen molar-refractivity contribution in [2.45, 2.75) is 33.2 Å². The Balaban J connectivity index is 1.81. The van der Waals surface area contributed by atoms with Gasteiger partial charge in [-0.05, 0) is 61.7 Å². The topological polar surface area (TPSA) is 62.1 Å². The second kappa shape index (κ2) is 8.16. The summed E-state index contributed by atoms with van der Waals surface area (Å²) in [6, 6.07) is 15.2. The van der Waals surface area contributed by atoms with E-state index in [9.17, 15) is 4.79 Å². The average molecular weight is 322 g/mol. The van der Waals surface area contributed by atoms with Gasteiger partial charge in [-0.2, -0.15) is 5.26 Å². The molecule has 0 fully saturated rings. The fourth-order valence-corrected chi connectivity index (χ4v) is 2.52. The number of ether oxygens (including phenoxy) is 1. The standard InChI is InChI=1S/C20H22N2O2/c1-14-10-15(2)12-19(11-14)24-9-8-20(23)22-16(3)18-6-4-17(13-21)5-7-18/h4-7,10-12,16H,8-9H2,1-3H3,(H,22,23). The number of carbonyl (C=O) groups is 1. The summed E-state index contributed by atoms with van der Waals surface area (Å²) in [5.74, 6) is 0.733. The van der Waals surface area contributed by atoms with Crippen LogP contribution >= 0.6 is 0 Å². The molecule has 0 spiro atoms. The first-order chi connectivity index (χ1) is 11.5. The number of aryl methyl sites for hydroxylation is 2. The van der Waals surface area contributed by atoms with Crippen LogP contribution < -0.4 is 10.1 Å². The van der Waals surface area contributed by atoms with Crippen LogP contribution in [0.15, 0.2) is 42.5 Å². The summed E-state index contributed by atoms with van der Waals surface area (Å²) in [5.41, 5.74) is 3.87. The van der Waals surface area contributed by atoms with E-state index in [-0.39, 0.29) is 11.9 Å². The number of hydrogen-bond donors (Lipinski definition) is 1. The summed E-state index contributed by atoms with van der Waals surface area (Å²) in [7, 11) is 0. The third kappa shape index (κ3) is 5.13. The summed E-state index contributed by atoms with van der Waals surface area (Å²) in [6.45, 7) is 6.30. The second-order valence-electron chi connectivity index (χ2n) is 5.94. The predicted octanol–water partition coefficient (Wildman–Crippen LogP) is 3.82. The van der Waals surface area contributed by atoms with Crippen molar-refractivity contribution in [1.82, 2.24) is 5.32 Å². The lowest BCUT2D eigenvalue weighted by atomic mass is 10.1. The normalized spacial score (nSPS) is 11.4. The van der Waals surface area contributed by atoms with E-state index in [1.54, 1.807) is 12.1 Å². The van der Waals surface area contributed by atoms with Crippen LogP contribution in [-0.2, 0) is 4.79 Å². The number of rotatable bonds is 6. The highest BCUT2D eigenvalue weighted by atomic mass is 16.5. The quantitative estimate of drug-likeness (QED) is 0.879. The molecule has 4 nitrogen and oxygen atoms in total. The average Bonchev–Trinajstić information content (AvgIpc) is 2.54. The molecule has 0 aliphatic heterocycles. The highest BCUT2D eigenvalue weighted by Crippen LogP contribution is 2.17. The molecule has 0 heterocycles. The fourth-order valence-electron chi connectivity index (χ4n) is 2.52. The molecule has 4 heteroatoms. The second-order valence-corrected chi connectivity index (χ2v) is 5.94. The molecule has 0 bridgehead atoms. The molecule has 0 radical (unpaired) electrons. The monoisotopic (exact) mass is 322 g/mol. The van der Waals surface area contributed by atoms with Gasteiger partial charge in [0.15, 0.2) is 0 Å². The van der Waals surface area contributed by atoms with E-state index in [2.05, 4.69) is 17.5 Å². The Bertz CT molecular complexity index is 725. The van der Waals surface area contributed by atoms with Gasteiger partial charge < -0.3 is 10.1 Å². The lowest BCUT2D eigenvalue weighted by Crippen LogP contribution is -2.27. The minimum absolute atomic E-state index is 0.0590. The van der Waals surface area contributed by atoms with Gasteiger partial charge in [0.1, 0.15) is 5.75 Å². The Labute approximate surface area is 143 Å². The molecular formula is C20H22N2O2. The largest absolute Gasteiger partial charge is 0.493 e. The van der Waals surface area contributed by atoms with Crippen LogP contribution in [0.25, 0.3) is 0 Å². The summed E-state index contributed by atoms with van der Waals surface area (Å²) in [6.07, 6.45) is 0.299. The number of carbonyl (C=O) groups excluding carboxylic acids is 1. The van der Waals surface area contributed by atoms with Gasteiger partial charge in [-0.15, -0.1) is 0 Å². The SMILES string of the molecule is Cc1cc(C)cc(OCCC(=O)NC(C)c2ccc(C#N)cc2)c1. The molecule has 2 aromatic carbocycles. The van der Waals surface area contributed by atoms with Gasteiger partial charge in [-0.1, -0.05) is 18.2 Å². The first-order valence-electron chi connectivity index (χ1n) is 7.98. The van der Waals surface area contributed by atoms with Crippen molar-refractivity contribution in [2.24, 2.45) is 0 Å². The maximum absolute atomic E-state index is 12.0. The van der Waals surface area contributed by atoms with Crippen LogP contribution in [0.5, 0.6) is 5.75 Å². The molecule has 24 heavy (non-hydrogen) atoms. The zero-order valence-electron chi connectivity index (χ0n) is 14.3. The third-order valence-corrected chi connectivity index (χ3v) is 3.71. The molecule has 124 valence electrons. The molecule has 1 N–H and O–H groups in total. The Morgan fingerprint density at radius 1 is 1.17 bits per heavy atom. The van der Waals surface area contributed by atoms with E-state index in [1.807, 2.05) is 45.0 Å². The van der Waals surface area contributed by atoms with Gasteiger partial charge >= 0.3 is 0 Å². The Morgan fingerprint density at radius 3 is 2.38 bits per heavy atom. The van der Waals surface area contributed by atoms with E-state index >= 15 is 0 Å². The number of amides is 1. The molecular weight excluding hydrogens is 300 g/mol. The first kappa shape index (κ1) is 17.6. The van der Waals surface area contributed by atoms with Gasteiger partial charge in [-0.25, -0.2) is 0 Å². The van der Waals surface area contributed by atoms with Gasteiger partial charge in [0, 0.05) is 0 Å². The first-order valence-corrected chi connectivity index (χ1v) is 7.98. The van der Waals surface area contributed by atoms with Crippen LogP contribution in [0.1, 0.15) is 41.6 Å². The summed E-state index contributed by atoms with van der Waals surface area (Å²) in [5, 5.41) is 11.7. The molecule has 0 saturated heterocycles. The van der Waals surface area contributed by atoms with Crippen LogP contribution in [-0.4, -0.2) is 12.5 Å². The van der Waals surface area contributed by atoms with Gasteiger partial charge in [-0.3, -0.25) is 4.79 Å². The van der Waals surface area contributed by atoms with Crippen molar-refractivity contribution >= 4 is 5.91 Å². The van der Waals surface area contributed by atoms with Crippen molar-refractivity contribution in [3.05, 3.63) is 64.7 Å². The number of hydrogen-bond acceptors (Lipinski definition) is 3. The lowest BCUT2D eigenvalue weighted by Gasteiger charge is -2.15. The van der Waals surface area contributed by atoms with Crippen molar-refractivity contribution in [3.63, 3.8) is 0 Å². The van der Waals surface area contributed by atoms with Crippen LogP contribution in [0.2, 0.25) is 0 Å². The van der Waals surface area contributed by atoms with Crippen LogP contribution in [0.4, 0.5) is 0 Å². The van der Waals surface area contributed by atoms with Crippen molar-refractivity contribution in [2.75, 3.05) is 6.61 Å². The zero-order valence-corrected chi connectivity index (χ0v) is 14.3. The molecule has 2 aromatic rings. The molecule has 2 rings (SSSR count). The van der Waals surface area contributed by atoms with Gasteiger partial charge in [0.25, 0.3) is 0 Å². The molecule has 0 saturated carbocycles. The van der Waals surface area contributed by atoms with Crippen LogP contribution in [0.3, 0.4) is 0 Å². The van der Waals surface area contributed by atoms with E-state index in [0.717, 1.165) is 22.4 Å². The number of nitriles is 1. The molecule has 1 unspecified atom stereocenters. The smallest absolute Gasteiger partial charge is 0.223 e. The van der Waals surface area contributed by atoms with E-state index < -0.39 is 0 Å². The predicted molar refractivity (Wildman–Crippen MR) is 93.7 cm³/mol. The zero-order chi connectivity index (χ0) is 17.5. The Morgan fingerprint density at radius 2 is 1.79 bits per heavy atom. The fraction of sp³-hybridized carbons (Fsp3) is 0.300. The number of nitrogens with zero attached hydrogens (tertiary/aromatic N) is 1. The maximum atomic E-state index is 12.0. The van der Waals surface area contributed by atoms with E-state index in [1.165, 1.54) is 0 Å². The van der Waals surface area contributed by atoms with Crippen LogP contribution in [0, 0.1) is 25.2 Å². The molecule has 1 atom stereocenters. The summed E-state index contributed by atoms with van der Waals surface area (Å²) in [4.78, 5) is 12.0.